The fourth-order valence-corrected chi connectivity index (χ4v) is 1.85. The van der Waals surface area contributed by atoms with Crippen molar-refractivity contribution in [1.82, 2.24) is 0 Å². The van der Waals surface area contributed by atoms with Gasteiger partial charge in [-0.05, 0) is 0 Å². The van der Waals surface area contributed by atoms with Crippen LogP contribution in [0.3, 0.4) is 0 Å². The molecule has 3 radical (unpaired) electrons. The summed E-state index contributed by atoms with van der Waals surface area (Å²) in [5.41, 5.74) is 0. The Hall–Kier alpha value is 2.45. The second-order valence-electron chi connectivity index (χ2n) is 3.52. The van der Waals surface area contributed by atoms with Crippen LogP contribution in [0.25, 0.3) is 22.9 Å². The van der Waals surface area contributed by atoms with Gasteiger partial charge in [-0.15, -0.1) is 6.42 Å². The topological polar surface area (TPSA) is 0 Å². The van der Waals surface area contributed by atoms with Gasteiger partial charge in [0, 0.05) is 121 Å². The van der Waals surface area contributed by atoms with Crippen LogP contribution in [-0.4, -0.2) is 0 Å². The third kappa shape index (κ3) is 7.35. The van der Waals surface area contributed by atoms with Crippen molar-refractivity contribution in [2.24, 2.45) is 0 Å². The van der Waals surface area contributed by atoms with Crippen molar-refractivity contribution in [3.05, 3.63) is 69.1 Å². The van der Waals surface area contributed by atoms with Gasteiger partial charge >= 0.3 is 0 Å². The molecular weight excluding hydrogens is 639 g/mol. The summed E-state index contributed by atoms with van der Waals surface area (Å²) >= 11 is 0. The maximum atomic E-state index is 3.35. The molecule has 3 heteroatoms. The van der Waals surface area contributed by atoms with Gasteiger partial charge in [-0.25, -0.2) is 29.7 Å². The molecule has 0 fully saturated rings. The summed E-state index contributed by atoms with van der Waals surface area (Å²) in [6.07, 6.45) is 7.72. The molecule has 0 aliphatic heterocycles. The SMILES string of the molecule is [C-]1=c2[c-]c3[c-]cccc3cc2=CCC1.[CH3-].[CH3-].[CH3-].[Pm].[Pm].[Pm]. The molecule has 0 spiro atoms. The molecule has 0 heterocycles. The molecule has 0 nitrogen and oxygen atoms in total. The van der Waals surface area contributed by atoms with E-state index < -0.39 is 0 Å². The zero-order valence-corrected chi connectivity index (χ0v) is 20.8. The Bertz CT molecular complexity index is 549. The summed E-state index contributed by atoms with van der Waals surface area (Å²) in [4.78, 5) is 0. The van der Waals surface area contributed by atoms with E-state index in [4.69, 9.17) is 0 Å². The van der Waals surface area contributed by atoms with E-state index in [1.165, 1.54) is 10.6 Å². The van der Waals surface area contributed by atoms with Gasteiger partial charge < -0.3 is 39.6 Å². The fraction of sp³-hybridized carbons (Fsp3) is 0.118. The van der Waals surface area contributed by atoms with Crippen LogP contribution in [0, 0.1) is 156 Å². The molecule has 107 valence electrons. The van der Waals surface area contributed by atoms with Gasteiger partial charge in [0.25, 0.3) is 0 Å². The van der Waals surface area contributed by atoms with Crippen LogP contribution in [0.15, 0.2) is 24.3 Å². The predicted octanol–water partition coefficient (Wildman–Crippen LogP) is 3.02. The molecule has 20 heavy (non-hydrogen) atoms. The van der Waals surface area contributed by atoms with Crippen molar-refractivity contribution < 1.29 is 121 Å². The monoisotopic (exact) mass is 657 g/mol. The minimum Gasteiger partial charge on any atom is -0.369 e. The van der Waals surface area contributed by atoms with E-state index in [1.54, 1.807) is 0 Å². The maximum Gasteiger partial charge on any atom is 0 e. The first-order valence-electron chi connectivity index (χ1n) is 4.87. The van der Waals surface area contributed by atoms with Crippen LogP contribution in [0.2, 0.25) is 0 Å². The quantitative estimate of drug-likeness (QED) is 0.383. The third-order valence-corrected chi connectivity index (χ3v) is 2.55. The molecular formula is C17H18Pm3-6. The van der Waals surface area contributed by atoms with Crippen molar-refractivity contribution in [2.75, 3.05) is 0 Å². The minimum atomic E-state index is 0. The first kappa shape index (κ1) is 30.3. The van der Waals surface area contributed by atoms with Gasteiger partial charge in [-0.3, -0.25) is 16.7 Å². The molecule has 3 rings (SSSR count). The molecule has 0 N–H and O–H groups in total. The van der Waals surface area contributed by atoms with Crippen molar-refractivity contribution in [1.29, 1.82) is 0 Å². The zero-order valence-electron chi connectivity index (χ0n) is 12.1. The summed E-state index contributed by atoms with van der Waals surface area (Å²) in [7, 11) is 0. The smallest absolute Gasteiger partial charge is 0 e. The molecule has 2 aromatic carbocycles. The van der Waals surface area contributed by atoms with E-state index in [2.05, 4.69) is 36.4 Å². The average molecular weight is 657 g/mol. The van der Waals surface area contributed by atoms with Gasteiger partial charge in [0.2, 0.25) is 0 Å². The Morgan fingerprint density at radius 2 is 1.70 bits per heavy atom. The van der Waals surface area contributed by atoms with E-state index in [0.29, 0.717) is 0 Å². The Kier molecular flexibility index (Phi) is 22.8. The number of fused-ring (bicyclic) bond motifs is 2. The Labute approximate surface area is 221 Å². The molecule has 0 saturated carbocycles. The van der Waals surface area contributed by atoms with Gasteiger partial charge in [0.15, 0.2) is 0 Å². The van der Waals surface area contributed by atoms with Crippen LogP contribution in [-0.2, 0) is 0 Å². The Balaban J connectivity index is -0.000000213. The molecule has 1 aliphatic carbocycles. The number of hydrogen-bond donors (Lipinski definition) is 0. The Morgan fingerprint density at radius 1 is 1.00 bits per heavy atom. The largest absolute Gasteiger partial charge is 0.369 e. The van der Waals surface area contributed by atoms with E-state index in [-0.39, 0.29) is 143 Å². The van der Waals surface area contributed by atoms with Crippen LogP contribution >= 0.6 is 0 Å². The van der Waals surface area contributed by atoms with Crippen LogP contribution in [0.4, 0.5) is 0 Å². The van der Waals surface area contributed by atoms with Crippen LogP contribution < -0.4 is 10.4 Å². The summed E-state index contributed by atoms with van der Waals surface area (Å²) in [5.74, 6) is 0. The van der Waals surface area contributed by atoms with Crippen LogP contribution in [0.1, 0.15) is 12.8 Å². The first-order chi connectivity index (χ1) is 6.93. The summed E-state index contributed by atoms with van der Waals surface area (Å²) in [5, 5.41) is 4.66. The van der Waals surface area contributed by atoms with Gasteiger partial charge in [-0.1, -0.05) is 6.42 Å². The average Bonchev–Trinajstić information content (AvgIpc) is 2.26. The van der Waals surface area contributed by atoms with E-state index in [0.717, 1.165) is 23.4 Å². The van der Waals surface area contributed by atoms with E-state index in [9.17, 15) is 0 Å². The maximum absolute atomic E-state index is 3.35. The Morgan fingerprint density at radius 3 is 2.40 bits per heavy atom. The summed E-state index contributed by atoms with van der Waals surface area (Å²) in [6, 6.07) is 14.8. The molecule has 1 aliphatic rings. The number of hydrogen-bond acceptors (Lipinski definition) is 0. The van der Waals surface area contributed by atoms with Gasteiger partial charge in [-0.2, -0.15) is 6.08 Å². The normalized spacial score (nSPS) is 10.0. The van der Waals surface area contributed by atoms with E-state index >= 15 is 0 Å². The third-order valence-electron chi connectivity index (χ3n) is 2.55. The fourth-order valence-electron chi connectivity index (χ4n) is 1.85. The van der Waals surface area contributed by atoms with Crippen molar-refractivity contribution in [3.8, 4) is 0 Å². The number of benzene rings is 2. The zero-order chi connectivity index (χ0) is 9.38. The van der Waals surface area contributed by atoms with Crippen molar-refractivity contribution in [2.45, 2.75) is 12.8 Å². The molecule has 0 aromatic heterocycles. The van der Waals surface area contributed by atoms with E-state index in [1.807, 2.05) is 12.1 Å². The standard InChI is InChI=1S/C14H9.3CH3.3Pm/c1-2-6-12-10-14-8-4-3-7-13(14)9-11(12)5-1;;;;;;/h1-2,5,7,9H,3-4H2;3*1H3;;;/q-3;3*-1;;;. The van der Waals surface area contributed by atoms with Crippen molar-refractivity contribution in [3.63, 3.8) is 0 Å². The minimum absolute atomic E-state index is 0. The first-order valence-corrected chi connectivity index (χ1v) is 4.87. The van der Waals surface area contributed by atoms with Gasteiger partial charge in [0.1, 0.15) is 0 Å². The molecule has 0 unspecified atom stereocenters. The summed E-state index contributed by atoms with van der Waals surface area (Å²) < 4.78 is 0. The molecule has 0 bridgehead atoms. The van der Waals surface area contributed by atoms with Gasteiger partial charge in [0.05, 0.1) is 0 Å². The second kappa shape index (κ2) is 15.0. The molecule has 2 aromatic rings. The second-order valence-corrected chi connectivity index (χ2v) is 3.52. The molecule has 0 saturated heterocycles. The van der Waals surface area contributed by atoms with Crippen LogP contribution in [0.5, 0.6) is 0 Å². The molecule has 0 atom stereocenters. The van der Waals surface area contributed by atoms with Crippen molar-refractivity contribution >= 4 is 22.9 Å². The summed E-state index contributed by atoms with van der Waals surface area (Å²) in [6.45, 7) is 0. The number of rotatable bonds is 0. The predicted molar refractivity (Wildman–Crippen MR) is 77.2 cm³/mol. The molecule has 0 amide bonds.